The molecular weight excluding hydrogens is 331 g/mol. The quantitative estimate of drug-likeness (QED) is 0.737. The van der Waals surface area contributed by atoms with Gasteiger partial charge in [0.05, 0.1) is 18.0 Å². The normalized spacial score (nSPS) is 14.1. The van der Waals surface area contributed by atoms with Crippen LogP contribution >= 0.6 is 0 Å². The number of piperidine rings is 1. The molecule has 0 unspecified atom stereocenters. The maximum absolute atomic E-state index is 13.5. The average Bonchev–Trinajstić information content (AvgIpc) is 2.68. The number of nitrogens with one attached hydrogen (secondary N) is 1. The van der Waals surface area contributed by atoms with Gasteiger partial charge in [0.2, 0.25) is 5.91 Å². The molecule has 5 heteroatoms. The van der Waals surface area contributed by atoms with E-state index in [0.717, 1.165) is 24.5 Å². The van der Waals surface area contributed by atoms with Crippen LogP contribution in [0.4, 0.5) is 15.8 Å². The summed E-state index contributed by atoms with van der Waals surface area (Å²) in [5, 5.41) is 3.01. The van der Waals surface area contributed by atoms with Crippen molar-refractivity contribution in [2.75, 3.05) is 29.9 Å². The number of carbonyl (C=O) groups is 1. The van der Waals surface area contributed by atoms with Crippen molar-refractivity contribution in [3.05, 3.63) is 54.3 Å². The first-order chi connectivity index (χ1) is 12.7. The first kappa shape index (κ1) is 18.2. The number of amides is 1. The summed E-state index contributed by atoms with van der Waals surface area (Å²) in [4.78, 5) is 14.6. The number of halogens is 1. The van der Waals surface area contributed by atoms with Crippen molar-refractivity contribution >= 4 is 17.3 Å². The second-order valence-corrected chi connectivity index (χ2v) is 6.50. The van der Waals surface area contributed by atoms with Gasteiger partial charge in [-0.25, -0.2) is 4.39 Å². The van der Waals surface area contributed by atoms with Gasteiger partial charge in [-0.1, -0.05) is 24.3 Å². The molecule has 1 amide bonds. The van der Waals surface area contributed by atoms with Crippen molar-refractivity contribution < 1.29 is 13.9 Å². The van der Waals surface area contributed by atoms with E-state index < -0.39 is 0 Å². The van der Waals surface area contributed by atoms with Gasteiger partial charge in [0.1, 0.15) is 0 Å². The van der Waals surface area contributed by atoms with E-state index in [1.165, 1.54) is 25.3 Å². The Morgan fingerprint density at radius 2 is 1.77 bits per heavy atom. The van der Waals surface area contributed by atoms with Crippen molar-refractivity contribution in [3.8, 4) is 5.75 Å². The monoisotopic (exact) mass is 356 g/mol. The Morgan fingerprint density at radius 3 is 2.58 bits per heavy atom. The van der Waals surface area contributed by atoms with Gasteiger partial charge in [-0.15, -0.1) is 0 Å². The highest BCUT2D eigenvalue weighted by molar-refractivity contribution is 5.94. The zero-order valence-electron chi connectivity index (χ0n) is 14.9. The number of rotatable bonds is 7. The number of para-hydroxylation sites is 3. The zero-order valence-corrected chi connectivity index (χ0v) is 14.9. The second-order valence-electron chi connectivity index (χ2n) is 6.50. The largest absolute Gasteiger partial charge is 0.491 e. The maximum Gasteiger partial charge on any atom is 0.224 e. The lowest BCUT2D eigenvalue weighted by Gasteiger charge is -2.30. The molecule has 0 aliphatic carbocycles. The smallest absolute Gasteiger partial charge is 0.224 e. The number of benzene rings is 2. The molecule has 138 valence electrons. The summed E-state index contributed by atoms with van der Waals surface area (Å²) in [5.41, 5.74) is 1.94. The van der Waals surface area contributed by atoms with E-state index in [2.05, 4.69) is 16.3 Å². The van der Waals surface area contributed by atoms with Crippen molar-refractivity contribution in [3.63, 3.8) is 0 Å². The number of hydrogen-bond donors (Lipinski definition) is 1. The average molecular weight is 356 g/mol. The van der Waals surface area contributed by atoms with Crippen molar-refractivity contribution in [1.29, 1.82) is 0 Å². The van der Waals surface area contributed by atoms with E-state index in [-0.39, 0.29) is 17.5 Å². The Bertz CT molecular complexity index is 729. The van der Waals surface area contributed by atoms with Crippen molar-refractivity contribution in [1.82, 2.24) is 0 Å². The second kappa shape index (κ2) is 9.22. The minimum absolute atomic E-state index is 0.0495. The fraction of sp³-hybridized carbons (Fsp3) is 0.381. The Balaban J connectivity index is 1.48. The molecule has 1 aliphatic rings. The third-order valence-electron chi connectivity index (χ3n) is 4.52. The van der Waals surface area contributed by atoms with Gasteiger partial charge in [0.15, 0.2) is 11.6 Å². The molecule has 2 aromatic rings. The molecule has 3 rings (SSSR count). The molecule has 1 fully saturated rings. The molecule has 0 saturated carbocycles. The lowest BCUT2D eigenvalue weighted by Crippen LogP contribution is -2.30. The summed E-state index contributed by atoms with van der Waals surface area (Å²) < 4.78 is 18.9. The predicted molar refractivity (Wildman–Crippen MR) is 102 cm³/mol. The fourth-order valence-electron chi connectivity index (χ4n) is 3.18. The number of hydrogen-bond acceptors (Lipinski definition) is 3. The third kappa shape index (κ3) is 4.97. The SMILES string of the molecule is O=C(CCCOc1ccccc1F)Nc1ccccc1N1CCCCC1. The third-order valence-corrected chi connectivity index (χ3v) is 4.52. The molecule has 4 nitrogen and oxygen atoms in total. The predicted octanol–water partition coefficient (Wildman–Crippen LogP) is 4.61. The molecule has 0 spiro atoms. The van der Waals surface area contributed by atoms with E-state index in [0.29, 0.717) is 19.4 Å². The van der Waals surface area contributed by atoms with Crippen LogP contribution in [0.25, 0.3) is 0 Å². The van der Waals surface area contributed by atoms with Gasteiger partial charge in [-0.2, -0.15) is 0 Å². The van der Waals surface area contributed by atoms with Crippen LogP contribution < -0.4 is 15.0 Å². The van der Waals surface area contributed by atoms with Crippen LogP contribution in [-0.4, -0.2) is 25.6 Å². The van der Waals surface area contributed by atoms with Gasteiger partial charge < -0.3 is 15.0 Å². The van der Waals surface area contributed by atoms with E-state index in [1.54, 1.807) is 18.2 Å². The highest BCUT2D eigenvalue weighted by Crippen LogP contribution is 2.28. The van der Waals surface area contributed by atoms with Gasteiger partial charge >= 0.3 is 0 Å². The molecule has 0 atom stereocenters. The highest BCUT2D eigenvalue weighted by Gasteiger charge is 2.15. The molecule has 1 N–H and O–H groups in total. The van der Waals surface area contributed by atoms with Crippen LogP contribution in [0.3, 0.4) is 0 Å². The standard InChI is InChI=1S/C21H25FN2O2/c22-17-9-2-5-12-20(17)26-16-8-13-21(25)23-18-10-3-4-11-19(18)24-14-6-1-7-15-24/h2-5,9-12H,1,6-8,13-16H2,(H,23,25). The molecule has 1 aliphatic heterocycles. The van der Waals surface area contributed by atoms with Gasteiger partial charge in [0, 0.05) is 19.5 Å². The first-order valence-corrected chi connectivity index (χ1v) is 9.25. The Hall–Kier alpha value is -2.56. The fourth-order valence-corrected chi connectivity index (χ4v) is 3.18. The summed E-state index contributed by atoms with van der Waals surface area (Å²) in [6, 6.07) is 14.2. The summed E-state index contributed by atoms with van der Waals surface area (Å²) in [7, 11) is 0. The van der Waals surface area contributed by atoms with E-state index >= 15 is 0 Å². The molecule has 1 heterocycles. The maximum atomic E-state index is 13.5. The van der Waals surface area contributed by atoms with Crippen LogP contribution in [0.2, 0.25) is 0 Å². The number of carbonyl (C=O) groups excluding carboxylic acids is 1. The molecule has 1 saturated heterocycles. The Kier molecular flexibility index (Phi) is 6.47. The van der Waals surface area contributed by atoms with E-state index in [9.17, 15) is 9.18 Å². The topological polar surface area (TPSA) is 41.6 Å². The number of ether oxygens (including phenoxy) is 1. The van der Waals surface area contributed by atoms with Crippen LogP contribution in [0, 0.1) is 5.82 Å². The molecule has 0 bridgehead atoms. The van der Waals surface area contributed by atoms with Gasteiger partial charge in [-0.3, -0.25) is 4.79 Å². The van der Waals surface area contributed by atoms with Crippen LogP contribution in [0.15, 0.2) is 48.5 Å². The molecule has 2 aromatic carbocycles. The number of nitrogens with zero attached hydrogens (tertiary/aromatic N) is 1. The van der Waals surface area contributed by atoms with Crippen LogP contribution in [-0.2, 0) is 4.79 Å². The summed E-state index contributed by atoms with van der Waals surface area (Å²) in [6.07, 6.45) is 4.52. The minimum Gasteiger partial charge on any atom is -0.491 e. The lowest BCUT2D eigenvalue weighted by molar-refractivity contribution is -0.116. The summed E-state index contributed by atoms with van der Waals surface area (Å²) in [5.74, 6) is -0.206. The molecule has 0 radical (unpaired) electrons. The molecule has 0 aromatic heterocycles. The highest BCUT2D eigenvalue weighted by atomic mass is 19.1. The molecular formula is C21H25FN2O2. The molecule has 26 heavy (non-hydrogen) atoms. The Labute approximate surface area is 154 Å². The van der Waals surface area contributed by atoms with Crippen molar-refractivity contribution in [2.45, 2.75) is 32.1 Å². The minimum atomic E-state index is -0.382. The van der Waals surface area contributed by atoms with Crippen LogP contribution in [0.1, 0.15) is 32.1 Å². The van der Waals surface area contributed by atoms with E-state index in [4.69, 9.17) is 4.74 Å². The van der Waals surface area contributed by atoms with Gasteiger partial charge in [0.25, 0.3) is 0 Å². The first-order valence-electron chi connectivity index (χ1n) is 9.25. The summed E-state index contributed by atoms with van der Waals surface area (Å²) in [6.45, 7) is 2.37. The van der Waals surface area contributed by atoms with Gasteiger partial charge in [-0.05, 0) is 49.9 Å². The van der Waals surface area contributed by atoms with E-state index in [1.807, 2.05) is 18.2 Å². The van der Waals surface area contributed by atoms with Crippen molar-refractivity contribution in [2.24, 2.45) is 0 Å². The lowest BCUT2D eigenvalue weighted by atomic mass is 10.1. The Morgan fingerprint density at radius 1 is 1.04 bits per heavy atom. The van der Waals surface area contributed by atoms with Crippen LogP contribution in [0.5, 0.6) is 5.75 Å². The summed E-state index contributed by atoms with van der Waals surface area (Å²) >= 11 is 0. The number of anilines is 2. The zero-order chi connectivity index (χ0) is 18.2.